The van der Waals surface area contributed by atoms with Gasteiger partial charge in [-0.3, -0.25) is 4.79 Å². The van der Waals surface area contributed by atoms with Gasteiger partial charge in [-0.05, 0) is 42.5 Å². The summed E-state index contributed by atoms with van der Waals surface area (Å²) in [4.78, 5) is 24.1. The van der Waals surface area contributed by atoms with E-state index in [0.717, 1.165) is 0 Å². The molecule has 0 spiro atoms. The molecule has 0 aliphatic carbocycles. The van der Waals surface area contributed by atoms with Gasteiger partial charge in [0.1, 0.15) is 0 Å². The van der Waals surface area contributed by atoms with E-state index in [0.29, 0.717) is 38.9 Å². The molecule has 2 aromatic carbocycles. The van der Waals surface area contributed by atoms with E-state index < -0.39 is 5.97 Å². The number of ether oxygens (including phenoxy) is 3. The van der Waals surface area contributed by atoms with Crippen molar-refractivity contribution in [1.82, 2.24) is 0 Å². The summed E-state index contributed by atoms with van der Waals surface area (Å²) < 4.78 is 15.5. The molecule has 1 aliphatic heterocycles. The lowest BCUT2D eigenvalue weighted by atomic mass is 10.1. The molecule has 6 nitrogen and oxygen atoms in total. The Bertz CT molecular complexity index is 948. The van der Waals surface area contributed by atoms with Crippen LogP contribution in [0.1, 0.15) is 15.9 Å². The average molecular weight is 386 g/mol. The average Bonchev–Trinajstić information content (AvgIpc) is 2.89. The molecule has 1 N–H and O–H groups in total. The number of nitrogens with one attached hydrogen (secondary N) is 1. The quantitative estimate of drug-likeness (QED) is 0.803. The predicted molar refractivity (Wildman–Crippen MR) is 102 cm³/mol. The van der Waals surface area contributed by atoms with Crippen molar-refractivity contribution in [1.29, 1.82) is 0 Å². The van der Waals surface area contributed by atoms with Crippen LogP contribution >= 0.6 is 11.6 Å². The summed E-state index contributed by atoms with van der Waals surface area (Å²) in [6, 6.07) is 9.70. The lowest BCUT2D eigenvalue weighted by molar-refractivity contribution is -0.112. The number of fused-ring (bicyclic) bond motifs is 1. The van der Waals surface area contributed by atoms with Gasteiger partial charge in [-0.25, -0.2) is 4.79 Å². The van der Waals surface area contributed by atoms with E-state index in [1.54, 1.807) is 48.6 Å². The van der Waals surface area contributed by atoms with Crippen LogP contribution in [-0.2, 0) is 9.53 Å². The molecule has 0 unspecified atom stereocenters. The minimum Gasteiger partial charge on any atom is -0.493 e. The summed E-state index contributed by atoms with van der Waals surface area (Å²) in [6.07, 6.45) is 4.62. The lowest BCUT2D eigenvalue weighted by Gasteiger charge is -2.10. The Balaban J connectivity index is 1.84. The minimum absolute atomic E-state index is 0.340. The molecule has 7 heteroatoms. The molecule has 3 rings (SSSR count). The van der Waals surface area contributed by atoms with E-state index in [2.05, 4.69) is 10.1 Å². The molecule has 1 aliphatic rings. The first-order valence-corrected chi connectivity index (χ1v) is 8.32. The maximum Gasteiger partial charge on any atom is 0.337 e. The number of benzene rings is 2. The van der Waals surface area contributed by atoms with E-state index in [1.165, 1.54) is 20.5 Å². The summed E-state index contributed by atoms with van der Waals surface area (Å²) in [5.74, 6) is 0.163. The molecule has 0 saturated heterocycles. The fourth-order valence-electron chi connectivity index (χ4n) is 2.52. The van der Waals surface area contributed by atoms with Crippen LogP contribution in [-0.4, -0.2) is 26.1 Å². The van der Waals surface area contributed by atoms with Gasteiger partial charge >= 0.3 is 5.97 Å². The summed E-state index contributed by atoms with van der Waals surface area (Å²) in [5, 5.41) is 3.23. The molecule has 138 valence electrons. The van der Waals surface area contributed by atoms with E-state index in [-0.39, 0.29) is 5.91 Å². The van der Waals surface area contributed by atoms with Gasteiger partial charge in [-0.15, -0.1) is 0 Å². The third-order valence-corrected chi connectivity index (χ3v) is 4.06. The molecule has 0 radical (unpaired) electrons. The molecule has 2 aromatic rings. The Morgan fingerprint density at radius 1 is 1.11 bits per heavy atom. The largest absolute Gasteiger partial charge is 0.493 e. The van der Waals surface area contributed by atoms with E-state index >= 15 is 0 Å². The van der Waals surface area contributed by atoms with Crippen molar-refractivity contribution in [2.45, 2.75) is 0 Å². The number of carbonyl (C=O) groups is 2. The highest BCUT2D eigenvalue weighted by Crippen LogP contribution is 2.37. The predicted octanol–water partition coefficient (Wildman–Crippen LogP) is 4.06. The van der Waals surface area contributed by atoms with E-state index in [1.807, 2.05) is 0 Å². The molecular formula is C20H16ClNO5. The van der Waals surface area contributed by atoms with E-state index in [4.69, 9.17) is 21.1 Å². The second kappa shape index (κ2) is 7.97. The van der Waals surface area contributed by atoms with Crippen molar-refractivity contribution in [3.63, 3.8) is 0 Å². The van der Waals surface area contributed by atoms with Crippen LogP contribution in [0.4, 0.5) is 5.69 Å². The topological polar surface area (TPSA) is 73.9 Å². The Morgan fingerprint density at radius 3 is 2.52 bits per heavy atom. The fraction of sp³-hybridized carbons (Fsp3) is 0.100. The Kier molecular flexibility index (Phi) is 5.47. The molecule has 0 saturated carbocycles. The first-order valence-electron chi connectivity index (χ1n) is 7.94. The standard InChI is InChI=1S/C20H16ClNO5/c1-25-17-11-15(21)10-14-9-13(7-8-27-18(14)17)19(23)22-16-5-3-12(4-6-16)20(24)26-2/h3-11H,1-2H3,(H,22,23). The maximum atomic E-state index is 12.6. The van der Waals surface area contributed by atoms with Crippen molar-refractivity contribution in [3.05, 3.63) is 70.5 Å². The van der Waals surface area contributed by atoms with Crippen molar-refractivity contribution in [3.8, 4) is 11.5 Å². The van der Waals surface area contributed by atoms with Gasteiger partial charge in [-0.2, -0.15) is 0 Å². The number of methoxy groups -OCH3 is 2. The third-order valence-electron chi connectivity index (χ3n) is 3.84. The SMILES string of the molecule is COC(=O)c1ccc(NC(=O)C2=Cc3cc(Cl)cc(OC)c3OC=C2)cc1. The fourth-order valence-corrected chi connectivity index (χ4v) is 2.73. The van der Waals surface area contributed by atoms with Gasteiger partial charge in [0.2, 0.25) is 0 Å². The molecular weight excluding hydrogens is 370 g/mol. The first-order chi connectivity index (χ1) is 13.0. The Hall–Kier alpha value is -3.25. The van der Waals surface area contributed by atoms with Crippen molar-refractivity contribution >= 4 is 35.2 Å². The summed E-state index contributed by atoms with van der Waals surface area (Å²) in [6.45, 7) is 0. The highest BCUT2D eigenvalue weighted by molar-refractivity contribution is 6.31. The van der Waals surface area contributed by atoms with Gasteiger partial charge in [0, 0.05) is 27.9 Å². The number of carbonyl (C=O) groups excluding carboxylic acids is 2. The zero-order chi connectivity index (χ0) is 19.4. The van der Waals surface area contributed by atoms with Crippen LogP contribution in [0.2, 0.25) is 5.02 Å². The third kappa shape index (κ3) is 4.12. The minimum atomic E-state index is -0.443. The summed E-state index contributed by atoms with van der Waals surface area (Å²) >= 11 is 6.10. The highest BCUT2D eigenvalue weighted by atomic mass is 35.5. The van der Waals surface area contributed by atoms with Crippen LogP contribution in [0.15, 0.2) is 54.3 Å². The van der Waals surface area contributed by atoms with Crippen LogP contribution in [0.25, 0.3) is 6.08 Å². The Labute approximate surface area is 161 Å². The molecule has 0 aromatic heterocycles. The molecule has 1 heterocycles. The van der Waals surface area contributed by atoms with Gasteiger partial charge in [0.25, 0.3) is 5.91 Å². The van der Waals surface area contributed by atoms with Crippen molar-refractivity contribution < 1.29 is 23.8 Å². The monoisotopic (exact) mass is 385 g/mol. The molecule has 0 bridgehead atoms. The number of hydrogen-bond donors (Lipinski definition) is 1. The van der Waals surface area contributed by atoms with Gasteiger partial charge in [0.15, 0.2) is 11.5 Å². The summed E-state index contributed by atoms with van der Waals surface area (Å²) in [5.41, 5.74) is 1.93. The number of amides is 1. The number of halogens is 1. The van der Waals surface area contributed by atoms with Gasteiger partial charge in [0.05, 0.1) is 26.0 Å². The zero-order valence-electron chi connectivity index (χ0n) is 14.6. The van der Waals surface area contributed by atoms with Gasteiger partial charge in [-0.1, -0.05) is 11.6 Å². The number of hydrogen-bond acceptors (Lipinski definition) is 5. The molecule has 0 fully saturated rings. The van der Waals surface area contributed by atoms with Crippen LogP contribution in [0.3, 0.4) is 0 Å². The number of anilines is 1. The highest BCUT2D eigenvalue weighted by Gasteiger charge is 2.17. The molecule has 0 atom stereocenters. The second-order valence-electron chi connectivity index (χ2n) is 5.57. The maximum absolute atomic E-state index is 12.6. The van der Waals surface area contributed by atoms with Crippen molar-refractivity contribution in [2.24, 2.45) is 0 Å². The number of esters is 1. The van der Waals surface area contributed by atoms with E-state index in [9.17, 15) is 9.59 Å². The molecule has 1 amide bonds. The van der Waals surface area contributed by atoms with Crippen LogP contribution in [0.5, 0.6) is 11.5 Å². The van der Waals surface area contributed by atoms with Gasteiger partial charge < -0.3 is 19.5 Å². The van der Waals surface area contributed by atoms with Crippen LogP contribution in [0, 0.1) is 0 Å². The summed E-state index contributed by atoms with van der Waals surface area (Å²) in [7, 11) is 2.82. The van der Waals surface area contributed by atoms with Crippen LogP contribution < -0.4 is 14.8 Å². The number of rotatable bonds is 4. The normalized spacial score (nSPS) is 12.2. The Morgan fingerprint density at radius 2 is 1.85 bits per heavy atom. The second-order valence-corrected chi connectivity index (χ2v) is 6.01. The smallest absolute Gasteiger partial charge is 0.337 e. The lowest BCUT2D eigenvalue weighted by Crippen LogP contribution is -2.13. The first kappa shape index (κ1) is 18.5. The van der Waals surface area contributed by atoms with Crippen molar-refractivity contribution in [2.75, 3.05) is 19.5 Å². The zero-order valence-corrected chi connectivity index (χ0v) is 15.4. The molecule has 27 heavy (non-hydrogen) atoms.